The minimum absolute atomic E-state index is 0.195. The van der Waals surface area contributed by atoms with Crippen LogP contribution in [0.5, 0.6) is 0 Å². The number of hydrogen-bond donors (Lipinski definition) is 3. The van der Waals surface area contributed by atoms with E-state index in [2.05, 4.69) is 26.8 Å². The van der Waals surface area contributed by atoms with E-state index in [1.165, 1.54) is 12.8 Å². The van der Waals surface area contributed by atoms with Crippen LogP contribution in [-0.4, -0.2) is 40.9 Å². The highest BCUT2D eigenvalue weighted by molar-refractivity contribution is 5.95. The Bertz CT molecular complexity index is 1140. The number of fused-ring (bicyclic) bond motifs is 1. The Balaban J connectivity index is 1.78. The molecule has 1 unspecified atom stereocenters. The average Bonchev–Trinajstić information content (AvgIpc) is 3.38. The van der Waals surface area contributed by atoms with Crippen molar-refractivity contribution >= 4 is 16.9 Å². The quantitative estimate of drug-likeness (QED) is 0.563. The summed E-state index contributed by atoms with van der Waals surface area (Å²) in [5.74, 6) is 6.78. The Labute approximate surface area is 176 Å². The van der Waals surface area contributed by atoms with Crippen LogP contribution in [0, 0.1) is 17.8 Å². The van der Waals surface area contributed by atoms with Gasteiger partial charge >= 0.3 is 0 Å². The third-order valence-corrected chi connectivity index (χ3v) is 5.12. The number of pyridine rings is 1. The summed E-state index contributed by atoms with van der Waals surface area (Å²) in [7, 11) is 0. The third kappa shape index (κ3) is 4.78. The number of aliphatic hydroxyl groups is 2. The van der Waals surface area contributed by atoms with E-state index < -0.39 is 11.2 Å². The van der Waals surface area contributed by atoms with Gasteiger partial charge in [0.2, 0.25) is 5.95 Å². The first-order valence-corrected chi connectivity index (χ1v) is 10.2. The second-order valence-electron chi connectivity index (χ2n) is 9.04. The molecule has 0 radical (unpaired) electrons. The first-order valence-electron chi connectivity index (χ1n) is 10.2. The molecular formula is C23H27N5O2. The van der Waals surface area contributed by atoms with Gasteiger partial charge < -0.3 is 20.5 Å². The molecule has 7 nitrogen and oxygen atoms in total. The highest BCUT2D eigenvalue weighted by Gasteiger charge is 2.30. The maximum Gasteiger partial charge on any atom is 0.220 e. The van der Waals surface area contributed by atoms with Gasteiger partial charge in [-0.05, 0) is 51.2 Å². The number of hydrogen-bond acceptors (Lipinski definition) is 6. The smallest absolute Gasteiger partial charge is 0.220 e. The number of rotatable bonds is 5. The summed E-state index contributed by atoms with van der Waals surface area (Å²) >= 11 is 0. The fourth-order valence-electron chi connectivity index (χ4n) is 3.67. The number of nitrogen functional groups attached to an aromatic ring is 1. The minimum Gasteiger partial charge on any atom is -0.389 e. The summed E-state index contributed by atoms with van der Waals surface area (Å²) in [5.41, 5.74) is 6.85. The lowest BCUT2D eigenvalue weighted by molar-refractivity contribution is 0.0628. The summed E-state index contributed by atoms with van der Waals surface area (Å²) in [5, 5.41) is 21.8. The van der Waals surface area contributed by atoms with Gasteiger partial charge in [0.05, 0.1) is 29.6 Å². The molecule has 0 spiro atoms. The van der Waals surface area contributed by atoms with Crippen molar-refractivity contribution in [2.45, 2.75) is 57.8 Å². The van der Waals surface area contributed by atoms with Crippen LogP contribution in [-0.2, 0) is 6.54 Å². The topological polar surface area (TPSA) is 110 Å². The highest BCUT2D eigenvalue weighted by atomic mass is 16.3. The largest absolute Gasteiger partial charge is 0.389 e. The van der Waals surface area contributed by atoms with E-state index in [0.29, 0.717) is 30.3 Å². The van der Waals surface area contributed by atoms with Crippen LogP contribution < -0.4 is 5.73 Å². The zero-order valence-electron chi connectivity index (χ0n) is 17.6. The van der Waals surface area contributed by atoms with Crippen LogP contribution in [0.25, 0.3) is 22.2 Å². The summed E-state index contributed by atoms with van der Waals surface area (Å²) in [4.78, 5) is 12.8. The second kappa shape index (κ2) is 7.38. The lowest BCUT2D eigenvalue weighted by Gasteiger charge is -2.18. The second-order valence-corrected chi connectivity index (χ2v) is 9.04. The van der Waals surface area contributed by atoms with Gasteiger partial charge in [0.25, 0.3) is 0 Å². The summed E-state index contributed by atoms with van der Waals surface area (Å²) in [6, 6.07) is 3.69. The van der Waals surface area contributed by atoms with Crippen molar-refractivity contribution in [3.8, 4) is 23.1 Å². The average molecular weight is 406 g/mol. The molecule has 4 rings (SSSR count). The number of anilines is 1. The maximum atomic E-state index is 10.5. The molecule has 0 amide bonds. The van der Waals surface area contributed by atoms with Gasteiger partial charge in [0, 0.05) is 23.3 Å². The fraction of sp³-hybridized carbons (Fsp3) is 0.435. The predicted octanol–water partition coefficient (Wildman–Crippen LogP) is 2.75. The molecule has 1 aliphatic rings. The Morgan fingerprint density at radius 1 is 1.23 bits per heavy atom. The number of nitrogens with zero attached hydrogens (tertiary/aromatic N) is 4. The van der Waals surface area contributed by atoms with Gasteiger partial charge in [0.1, 0.15) is 11.3 Å². The molecule has 1 saturated carbocycles. The lowest BCUT2D eigenvalue weighted by atomic mass is 10.00. The molecule has 4 N–H and O–H groups in total. The van der Waals surface area contributed by atoms with Crippen molar-refractivity contribution in [2.24, 2.45) is 5.92 Å². The monoisotopic (exact) mass is 405 g/mol. The molecule has 0 bridgehead atoms. The molecule has 30 heavy (non-hydrogen) atoms. The van der Waals surface area contributed by atoms with Crippen molar-refractivity contribution in [1.29, 1.82) is 0 Å². The first-order chi connectivity index (χ1) is 14.1. The van der Waals surface area contributed by atoms with Crippen LogP contribution in [0.15, 0.2) is 30.7 Å². The van der Waals surface area contributed by atoms with Crippen LogP contribution in [0.1, 0.15) is 45.7 Å². The lowest BCUT2D eigenvalue weighted by Crippen LogP contribution is -2.25. The van der Waals surface area contributed by atoms with Gasteiger partial charge in [-0.3, -0.25) is 0 Å². The molecule has 3 heterocycles. The Hall–Kier alpha value is -2.95. The predicted molar refractivity (Wildman–Crippen MR) is 116 cm³/mol. The van der Waals surface area contributed by atoms with Crippen LogP contribution in [0.2, 0.25) is 0 Å². The van der Waals surface area contributed by atoms with Gasteiger partial charge in [-0.1, -0.05) is 18.8 Å². The molecule has 156 valence electrons. The number of nitrogens with two attached hydrogens (primary N) is 1. The van der Waals surface area contributed by atoms with E-state index in [0.717, 1.165) is 16.5 Å². The van der Waals surface area contributed by atoms with E-state index in [1.807, 2.05) is 16.8 Å². The van der Waals surface area contributed by atoms with E-state index in [-0.39, 0.29) is 5.95 Å². The molecule has 1 atom stereocenters. The van der Waals surface area contributed by atoms with Crippen LogP contribution in [0.3, 0.4) is 0 Å². The minimum atomic E-state index is -1.02. The zero-order chi connectivity index (χ0) is 21.5. The summed E-state index contributed by atoms with van der Waals surface area (Å²) in [6.07, 6.45) is 8.33. The standard InChI is InChI=1S/C23H27N5O2/c1-22(2,29)14-28-13-18(19-7-9-25-21(24)27-19)17-10-16(26-12-20(17)28)6-8-23(3,30)11-15-4-5-15/h7,9-10,12-13,15,29-30H,4-5,11,14H2,1-3H3,(H2,24,25,27). The normalized spacial score (nSPS) is 16.2. The van der Waals surface area contributed by atoms with E-state index >= 15 is 0 Å². The molecule has 1 fully saturated rings. The highest BCUT2D eigenvalue weighted by Crippen LogP contribution is 2.36. The SMILES string of the molecule is CC(C)(O)Cn1cc(-c2ccnc(N)n2)c2cc(C#CC(C)(O)CC3CC3)ncc21. The van der Waals surface area contributed by atoms with E-state index in [4.69, 9.17) is 5.73 Å². The van der Waals surface area contributed by atoms with E-state index in [9.17, 15) is 10.2 Å². The van der Waals surface area contributed by atoms with Gasteiger partial charge in [-0.2, -0.15) is 0 Å². The van der Waals surface area contributed by atoms with Crippen molar-refractivity contribution in [2.75, 3.05) is 5.73 Å². The van der Waals surface area contributed by atoms with Crippen molar-refractivity contribution < 1.29 is 10.2 Å². The molecule has 3 aromatic heterocycles. The molecular weight excluding hydrogens is 378 g/mol. The molecule has 0 saturated heterocycles. The third-order valence-electron chi connectivity index (χ3n) is 5.12. The van der Waals surface area contributed by atoms with Gasteiger partial charge in [0.15, 0.2) is 0 Å². The Kier molecular flexibility index (Phi) is 5.00. The van der Waals surface area contributed by atoms with Crippen LogP contribution in [0.4, 0.5) is 5.95 Å². The molecule has 0 aromatic carbocycles. The number of aromatic nitrogens is 4. The summed E-state index contributed by atoms with van der Waals surface area (Å²) < 4.78 is 1.95. The summed E-state index contributed by atoms with van der Waals surface area (Å²) in [6.45, 7) is 5.67. The maximum absolute atomic E-state index is 10.5. The van der Waals surface area contributed by atoms with Gasteiger partial charge in [-0.25, -0.2) is 15.0 Å². The fourth-order valence-corrected chi connectivity index (χ4v) is 3.67. The van der Waals surface area contributed by atoms with Crippen LogP contribution >= 0.6 is 0 Å². The molecule has 0 aliphatic heterocycles. The molecule has 1 aliphatic carbocycles. The van der Waals surface area contributed by atoms with Gasteiger partial charge in [-0.15, -0.1) is 0 Å². The van der Waals surface area contributed by atoms with E-state index in [1.54, 1.807) is 39.2 Å². The molecule has 3 aromatic rings. The Morgan fingerprint density at radius 2 is 2.00 bits per heavy atom. The molecule has 7 heteroatoms. The Morgan fingerprint density at radius 3 is 2.67 bits per heavy atom. The zero-order valence-corrected chi connectivity index (χ0v) is 17.6. The first kappa shape index (κ1) is 20.3. The van der Waals surface area contributed by atoms with Crippen molar-refractivity contribution in [3.63, 3.8) is 0 Å². The van der Waals surface area contributed by atoms with Crippen molar-refractivity contribution in [1.82, 2.24) is 19.5 Å². The van der Waals surface area contributed by atoms with Crippen molar-refractivity contribution in [3.05, 3.63) is 36.4 Å².